The molecule has 4 nitrogen and oxygen atoms in total. The van der Waals surface area contributed by atoms with Crippen LogP contribution in [0.25, 0.3) is 0 Å². The monoisotopic (exact) mass is 205 g/mol. The van der Waals surface area contributed by atoms with Gasteiger partial charge in [0.05, 0.1) is 17.4 Å². The van der Waals surface area contributed by atoms with E-state index in [0.717, 1.165) is 30.8 Å². The molecule has 0 saturated carbocycles. The maximum absolute atomic E-state index is 11.4. The van der Waals surface area contributed by atoms with Crippen LogP contribution in [0.3, 0.4) is 0 Å². The molecule has 80 valence electrons. The van der Waals surface area contributed by atoms with Crippen LogP contribution in [-0.2, 0) is 4.79 Å². The van der Waals surface area contributed by atoms with Crippen molar-refractivity contribution in [2.45, 2.75) is 32.7 Å². The van der Waals surface area contributed by atoms with Gasteiger partial charge in [-0.05, 0) is 19.8 Å². The lowest BCUT2D eigenvalue weighted by molar-refractivity contribution is -0.129. The number of hydrogen-bond donors (Lipinski definition) is 0. The number of carbonyl (C=O) groups is 1. The standard InChI is InChI=1S/C11H15N3O/c1-8-11(13-6-5-12-8)10-4-3-7-14(10)9(2)15/h5-6,10H,3-4,7H2,1-2H3. The van der Waals surface area contributed by atoms with E-state index in [1.165, 1.54) is 0 Å². The van der Waals surface area contributed by atoms with Crippen molar-refractivity contribution < 1.29 is 4.79 Å². The second kappa shape index (κ2) is 3.96. The molecule has 2 heterocycles. The molecule has 1 aliphatic heterocycles. The van der Waals surface area contributed by atoms with Gasteiger partial charge in [0.1, 0.15) is 0 Å². The van der Waals surface area contributed by atoms with E-state index in [0.29, 0.717) is 0 Å². The normalized spacial score (nSPS) is 20.7. The number of aromatic nitrogens is 2. The molecular formula is C11H15N3O. The fraction of sp³-hybridized carbons (Fsp3) is 0.545. The Morgan fingerprint density at radius 2 is 2.20 bits per heavy atom. The van der Waals surface area contributed by atoms with Gasteiger partial charge >= 0.3 is 0 Å². The molecule has 0 radical (unpaired) electrons. The Kier molecular flexibility index (Phi) is 2.66. The third-order valence-electron chi connectivity index (χ3n) is 2.89. The van der Waals surface area contributed by atoms with Crippen LogP contribution in [0.1, 0.15) is 37.2 Å². The summed E-state index contributed by atoms with van der Waals surface area (Å²) in [5.74, 6) is 0.127. The number of aryl methyl sites for hydroxylation is 1. The van der Waals surface area contributed by atoms with E-state index in [4.69, 9.17) is 0 Å². The summed E-state index contributed by atoms with van der Waals surface area (Å²) in [4.78, 5) is 21.9. The molecule has 1 saturated heterocycles. The fourth-order valence-electron chi connectivity index (χ4n) is 2.17. The zero-order valence-electron chi connectivity index (χ0n) is 9.10. The highest BCUT2D eigenvalue weighted by Gasteiger charge is 2.29. The van der Waals surface area contributed by atoms with Gasteiger partial charge in [0.2, 0.25) is 5.91 Å². The summed E-state index contributed by atoms with van der Waals surface area (Å²) in [6.07, 6.45) is 5.43. The smallest absolute Gasteiger partial charge is 0.220 e. The molecule has 4 heteroatoms. The lowest BCUT2D eigenvalue weighted by Crippen LogP contribution is -2.29. The van der Waals surface area contributed by atoms with Crippen molar-refractivity contribution in [3.05, 3.63) is 23.8 Å². The average molecular weight is 205 g/mol. The predicted octanol–water partition coefficient (Wildman–Crippen LogP) is 1.47. The van der Waals surface area contributed by atoms with Gasteiger partial charge in [-0.25, -0.2) is 0 Å². The molecule has 1 atom stereocenters. The molecular weight excluding hydrogens is 190 g/mol. The fourth-order valence-corrected chi connectivity index (χ4v) is 2.17. The first-order valence-corrected chi connectivity index (χ1v) is 5.25. The number of nitrogens with zero attached hydrogens (tertiary/aromatic N) is 3. The molecule has 1 unspecified atom stereocenters. The van der Waals surface area contributed by atoms with Crippen molar-refractivity contribution in [1.29, 1.82) is 0 Å². The van der Waals surface area contributed by atoms with Crippen LogP contribution < -0.4 is 0 Å². The molecule has 1 aliphatic rings. The zero-order valence-corrected chi connectivity index (χ0v) is 9.10. The van der Waals surface area contributed by atoms with Crippen LogP contribution >= 0.6 is 0 Å². The Bertz CT molecular complexity index is 378. The van der Waals surface area contributed by atoms with Crippen LogP contribution in [0.15, 0.2) is 12.4 Å². The van der Waals surface area contributed by atoms with Crippen molar-refractivity contribution in [3.8, 4) is 0 Å². The predicted molar refractivity (Wildman–Crippen MR) is 56.1 cm³/mol. The summed E-state index contributed by atoms with van der Waals surface area (Å²) in [6, 6.07) is 0.135. The van der Waals surface area contributed by atoms with E-state index < -0.39 is 0 Å². The van der Waals surface area contributed by atoms with Gasteiger partial charge in [-0.3, -0.25) is 14.8 Å². The van der Waals surface area contributed by atoms with Crippen LogP contribution in [0.2, 0.25) is 0 Å². The minimum Gasteiger partial charge on any atom is -0.334 e. The minimum absolute atomic E-state index is 0.127. The first kappa shape index (κ1) is 10.1. The largest absolute Gasteiger partial charge is 0.334 e. The highest BCUT2D eigenvalue weighted by molar-refractivity contribution is 5.74. The van der Waals surface area contributed by atoms with E-state index in [2.05, 4.69) is 9.97 Å². The van der Waals surface area contributed by atoms with Gasteiger partial charge < -0.3 is 4.90 Å². The molecule has 15 heavy (non-hydrogen) atoms. The number of likely N-dealkylation sites (tertiary alicyclic amines) is 1. The van der Waals surface area contributed by atoms with E-state index in [1.807, 2.05) is 11.8 Å². The Morgan fingerprint density at radius 1 is 1.47 bits per heavy atom. The Hall–Kier alpha value is -1.45. The molecule has 1 aromatic rings. The lowest BCUT2D eigenvalue weighted by Gasteiger charge is -2.23. The molecule has 0 spiro atoms. The topological polar surface area (TPSA) is 46.1 Å². The highest BCUT2D eigenvalue weighted by Crippen LogP contribution is 2.31. The first-order chi connectivity index (χ1) is 7.20. The molecule has 1 fully saturated rings. The Morgan fingerprint density at radius 3 is 2.87 bits per heavy atom. The van der Waals surface area contributed by atoms with Gasteiger partial charge in [-0.2, -0.15) is 0 Å². The van der Waals surface area contributed by atoms with Crippen LogP contribution in [0.5, 0.6) is 0 Å². The van der Waals surface area contributed by atoms with Gasteiger partial charge in [0.25, 0.3) is 0 Å². The van der Waals surface area contributed by atoms with Crippen LogP contribution in [0, 0.1) is 6.92 Å². The summed E-state index contributed by atoms with van der Waals surface area (Å²) in [5.41, 5.74) is 1.88. The van der Waals surface area contributed by atoms with Crippen LogP contribution in [0.4, 0.5) is 0 Å². The molecule has 1 aromatic heterocycles. The SMILES string of the molecule is CC(=O)N1CCCC1c1nccnc1C. The molecule has 0 N–H and O–H groups in total. The minimum atomic E-state index is 0.127. The quantitative estimate of drug-likeness (QED) is 0.697. The molecule has 2 rings (SSSR count). The highest BCUT2D eigenvalue weighted by atomic mass is 16.2. The number of rotatable bonds is 1. The number of carbonyl (C=O) groups excluding carboxylic acids is 1. The van der Waals surface area contributed by atoms with Crippen molar-refractivity contribution >= 4 is 5.91 Å². The van der Waals surface area contributed by atoms with E-state index in [1.54, 1.807) is 19.3 Å². The second-order valence-electron chi connectivity index (χ2n) is 3.90. The third kappa shape index (κ3) is 1.84. The summed E-state index contributed by atoms with van der Waals surface area (Å²) in [7, 11) is 0. The molecule has 1 amide bonds. The van der Waals surface area contributed by atoms with Gasteiger partial charge in [0, 0.05) is 25.9 Å². The van der Waals surface area contributed by atoms with Crippen molar-refractivity contribution in [2.75, 3.05) is 6.54 Å². The maximum atomic E-state index is 11.4. The van der Waals surface area contributed by atoms with E-state index in [9.17, 15) is 4.79 Å². The van der Waals surface area contributed by atoms with E-state index >= 15 is 0 Å². The van der Waals surface area contributed by atoms with Crippen molar-refractivity contribution in [2.24, 2.45) is 0 Å². The lowest BCUT2D eigenvalue weighted by atomic mass is 10.1. The summed E-state index contributed by atoms with van der Waals surface area (Å²) in [5, 5.41) is 0. The summed E-state index contributed by atoms with van der Waals surface area (Å²) >= 11 is 0. The number of amides is 1. The maximum Gasteiger partial charge on any atom is 0.220 e. The summed E-state index contributed by atoms with van der Waals surface area (Å²) < 4.78 is 0. The second-order valence-corrected chi connectivity index (χ2v) is 3.90. The molecule has 0 aromatic carbocycles. The third-order valence-corrected chi connectivity index (χ3v) is 2.89. The summed E-state index contributed by atoms with van der Waals surface area (Å²) in [6.45, 7) is 4.40. The zero-order chi connectivity index (χ0) is 10.8. The van der Waals surface area contributed by atoms with E-state index in [-0.39, 0.29) is 11.9 Å². The van der Waals surface area contributed by atoms with Gasteiger partial charge in [-0.1, -0.05) is 0 Å². The average Bonchev–Trinajstić information content (AvgIpc) is 2.67. The van der Waals surface area contributed by atoms with Gasteiger partial charge in [-0.15, -0.1) is 0 Å². The van der Waals surface area contributed by atoms with Gasteiger partial charge in [0.15, 0.2) is 0 Å². The Balaban J connectivity index is 2.30. The first-order valence-electron chi connectivity index (χ1n) is 5.25. The number of hydrogen-bond acceptors (Lipinski definition) is 3. The van der Waals surface area contributed by atoms with Crippen molar-refractivity contribution in [3.63, 3.8) is 0 Å². The van der Waals surface area contributed by atoms with Crippen LogP contribution in [-0.4, -0.2) is 27.3 Å². The molecule has 0 aliphatic carbocycles. The molecule has 0 bridgehead atoms. The van der Waals surface area contributed by atoms with Crippen molar-refractivity contribution in [1.82, 2.24) is 14.9 Å². The Labute approximate surface area is 89.3 Å².